The topological polar surface area (TPSA) is 84.2 Å². The summed E-state index contributed by atoms with van der Waals surface area (Å²) in [6.07, 6.45) is 0. The highest BCUT2D eigenvalue weighted by molar-refractivity contribution is 6.34. The molecule has 110 valence electrons. The van der Waals surface area contributed by atoms with Gasteiger partial charge in [0.05, 0.1) is 10.6 Å². The third kappa shape index (κ3) is 3.00. The number of carbonyl (C=O) groups is 2. The van der Waals surface area contributed by atoms with Gasteiger partial charge in [0.2, 0.25) is 0 Å². The van der Waals surface area contributed by atoms with Gasteiger partial charge in [-0.05, 0) is 12.1 Å². The number of aromatic carboxylic acids is 1. The van der Waals surface area contributed by atoms with Crippen molar-refractivity contribution in [2.24, 2.45) is 7.05 Å². The average molecular weight is 316 g/mol. The number of carboxylic acids is 1. The molecule has 0 fully saturated rings. The SMILES string of the molecule is Cn1nc(C(=O)O)cc1NC(=O)c1cc(F)c(F)cc1Cl. The number of hydrogen-bond donors (Lipinski definition) is 2. The van der Waals surface area contributed by atoms with Gasteiger partial charge in [0, 0.05) is 13.1 Å². The summed E-state index contributed by atoms with van der Waals surface area (Å²) in [5, 5.41) is 14.5. The molecule has 2 rings (SSSR count). The van der Waals surface area contributed by atoms with Crippen LogP contribution in [-0.2, 0) is 7.05 Å². The van der Waals surface area contributed by atoms with Crippen LogP contribution in [-0.4, -0.2) is 26.8 Å². The second-order valence-corrected chi connectivity index (χ2v) is 4.45. The maximum absolute atomic E-state index is 13.1. The Hall–Kier alpha value is -2.48. The normalized spacial score (nSPS) is 10.5. The van der Waals surface area contributed by atoms with Crippen LogP contribution in [0.2, 0.25) is 5.02 Å². The highest BCUT2D eigenvalue weighted by Gasteiger charge is 2.18. The van der Waals surface area contributed by atoms with E-state index in [1.165, 1.54) is 7.05 Å². The lowest BCUT2D eigenvalue weighted by molar-refractivity contribution is 0.0689. The third-order valence-corrected chi connectivity index (χ3v) is 2.91. The van der Waals surface area contributed by atoms with Crippen LogP contribution in [0.25, 0.3) is 0 Å². The molecule has 0 saturated carbocycles. The molecule has 0 aliphatic rings. The second kappa shape index (κ2) is 5.49. The van der Waals surface area contributed by atoms with Gasteiger partial charge in [-0.3, -0.25) is 9.48 Å². The molecule has 0 atom stereocenters. The second-order valence-electron chi connectivity index (χ2n) is 4.04. The molecule has 1 amide bonds. The summed E-state index contributed by atoms with van der Waals surface area (Å²) in [5.41, 5.74) is -0.558. The number of nitrogens with one attached hydrogen (secondary N) is 1. The van der Waals surface area contributed by atoms with Crippen molar-refractivity contribution < 1.29 is 23.5 Å². The number of aryl methyl sites for hydroxylation is 1. The summed E-state index contributed by atoms with van der Waals surface area (Å²) < 4.78 is 27.2. The van der Waals surface area contributed by atoms with Gasteiger partial charge in [0.1, 0.15) is 5.82 Å². The summed E-state index contributed by atoms with van der Waals surface area (Å²) in [5.74, 6) is -4.42. The minimum atomic E-state index is -1.27. The molecule has 1 aromatic carbocycles. The Morgan fingerprint density at radius 2 is 1.90 bits per heavy atom. The highest BCUT2D eigenvalue weighted by Crippen LogP contribution is 2.21. The largest absolute Gasteiger partial charge is 0.476 e. The van der Waals surface area contributed by atoms with Crippen LogP contribution >= 0.6 is 11.6 Å². The minimum Gasteiger partial charge on any atom is -0.476 e. The molecule has 0 bridgehead atoms. The molecular formula is C12H8ClF2N3O3. The summed E-state index contributed by atoms with van der Waals surface area (Å²) in [6, 6.07) is 2.45. The Labute approximate surface area is 121 Å². The van der Waals surface area contributed by atoms with E-state index in [0.29, 0.717) is 12.1 Å². The molecule has 0 aliphatic heterocycles. The van der Waals surface area contributed by atoms with E-state index < -0.39 is 23.5 Å². The first-order chi connectivity index (χ1) is 9.79. The van der Waals surface area contributed by atoms with Gasteiger partial charge in [0.25, 0.3) is 5.91 Å². The predicted molar refractivity (Wildman–Crippen MR) is 69.5 cm³/mol. The van der Waals surface area contributed by atoms with E-state index >= 15 is 0 Å². The van der Waals surface area contributed by atoms with Gasteiger partial charge in [-0.2, -0.15) is 5.10 Å². The van der Waals surface area contributed by atoms with Crippen molar-refractivity contribution in [1.29, 1.82) is 0 Å². The molecule has 0 radical (unpaired) electrons. The molecule has 0 aliphatic carbocycles. The van der Waals surface area contributed by atoms with Gasteiger partial charge < -0.3 is 10.4 Å². The number of carbonyl (C=O) groups excluding carboxylic acids is 1. The summed E-state index contributed by atoms with van der Waals surface area (Å²) >= 11 is 5.67. The lowest BCUT2D eigenvalue weighted by Crippen LogP contribution is -2.15. The number of nitrogens with zero attached hydrogens (tertiary/aromatic N) is 2. The van der Waals surface area contributed by atoms with E-state index in [1.807, 2.05) is 0 Å². The summed E-state index contributed by atoms with van der Waals surface area (Å²) in [7, 11) is 1.41. The Kier molecular flexibility index (Phi) is 3.90. The van der Waals surface area contributed by atoms with Gasteiger partial charge in [0.15, 0.2) is 17.3 Å². The van der Waals surface area contributed by atoms with Gasteiger partial charge in [-0.15, -0.1) is 0 Å². The Morgan fingerprint density at radius 3 is 2.48 bits per heavy atom. The minimum absolute atomic E-state index is 0.0678. The van der Waals surface area contributed by atoms with E-state index in [1.54, 1.807) is 0 Å². The molecule has 2 N–H and O–H groups in total. The van der Waals surface area contributed by atoms with Crippen LogP contribution in [0, 0.1) is 11.6 Å². The molecule has 1 aromatic heterocycles. The zero-order chi connectivity index (χ0) is 15.7. The molecule has 6 nitrogen and oxygen atoms in total. The number of anilines is 1. The zero-order valence-electron chi connectivity index (χ0n) is 10.5. The molecule has 1 heterocycles. The lowest BCUT2D eigenvalue weighted by Gasteiger charge is -2.07. The van der Waals surface area contributed by atoms with E-state index in [2.05, 4.69) is 10.4 Å². The Bertz CT molecular complexity index is 746. The maximum atomic E-state index is 13.1. The molecule has 21 heavy (non-hydrogen) atoms. The van der Waals surface area contributed by atoms with Crippen molar-refractivity contribution >= 4 is 29.3 Å². The predicted octanol–water partition coefficient (Wildman–Crippen LogP) is 2.30. The Morgan fingerprint density at radius 1 is 1.29 bits per heavy atom. The van der Waals surface area contributed by atoms with Crippen molar-refractivity contribution in [3.63, 3.8) is 0 Å². The fourth-order valence-corrected chi connectivity index (χ4v) is 1.81. The van der Waals surface area contributed by atoms with E-state index in [0.717, 1.165) is 10.7 Å². The number of amides is 1. The fraction of sp³-hybridized carbons (Fsp3) is 0.0833. The number of aromatic nitrogens is 2. The quantitative estimate of drug-likeness (QED) is 0.851. The Balaban J connectivity index is 2.30. The first-order valence-corrected chi connectivity index (χ1v) is 5.90. The van der Waals surface area contributed by atoms with Crippen LogP contribution in [0.1, 0.15) is 20.8 Å². The first-order valence-electron chi connectivity index (χ1n) is 5.53. The monoisotopic (exact) mass is 315 g/mol. The summed E-state index contributed by atoms with van der Waals surface area (Å²) in [4.78, 5) is 22.7. The van der Waals surface area contributed by atoms with Gasteiger partial charge in [-0.25, -0.2) is 13.6 Å². The smallest absolute Gasteiger partial charge is 0.356 e. The van der Waals surface area contributed by atoms with Crippen LogP contribution in [0.4, 0.5) is 14.6 Å². The lowest BCUT2D eigenvalue weighted by atomic mass is 10.2. The van der Waals surface area contributed by atoms with Crippen LogP contribution in [0.3, 0.4) is 0 Å². The van der Waals surface area contributed by atoms with Crippen molar-refractivity contribution in [1.82, 2.24) is 9.78 Å². The van der Waals surface area contributed by atoms with Gasteiger partial charge in [-0.1, -0.05) is 11.6 Å². The van der Waals surface area contributed by atoms with E-state index in [9.17, 15) is 18.4 Å². The number of rotatable bonds is 3. The molecule has 0 spiro atoms. The van der Waals surface area contributed by atoms with Crippen molar-refractivity contribution in [3.8, 4) is 0 Å². The first kappa shape index (κ1) is 14.9. The van der Waals surface area contributed by atoms with Crippen molar-refractivity contribution in [2.45, 2.75) is 0 Å². The third-order valence-electron chi connectivity index (χ3n) is 2.60. The van der Waals surface area contributed by atoms with Gasteiger partial charge >= 0.3 is 5.97 Å². The number of halogens is 3. The van der Waals surface area contributed by atoms with E-state index in [4.69, 9.17) is 16.7 Å². The summed E-state index contributed by atoms with van der Waals surface area (Å²) in [6.45, 7) is 0. The average Bonchev–Trinajstić information content (AvgIpc) is 2.75. The van der Waals surface area contributed by atoms with Crippen LogP contribution in [0.15, 0.2) is 18.2 Å². The number of hydrogen-bond acceptors (Lipinski definition) is 3. The maximum Gasteiger partial charge on any atom is 0.356 e. The van der Waals surface area contributed by atoms with Crippen LogP contribution < -0.4 is 5.32 Å². The van der Waals surface area contributed by atoms with Crippen molar-refractivity contribution in [3.05, 3.63) is 46.1 Å². The highest BCUT2D eigenvalue weighted by atomic mass is 35.5. The molecule has 0 unspecified atom stereocenters. The molecule has 2 aromatic rings. The fourth-order valence-electron chi connectivity index (χ4n) is 1.57. The standard InChI is InChI=1S/C12H8ClF2N3O3/c1-18-10(4-9(17-18)12(20)21)16-11(19)5-2-7(14)8(15)3-6(5)13/h2-4H,1H3,(H,16,19)(H,20,21). The number of benzene rings is 1. The molecule has 0 saturated heterocycles. The van der Waals surface area contributed by atoms with Crippen molar-refractivity contribution in [2.75, 3.05) is 5.32 Å². The number of carboxylic acid groups (broad SMARTS) is 1. The van der Waals surface area contributed by atoms with E-state index in [-0.39, 0.29) is 22.1 Å². The molecule has 9 heteroatoms. The van der Waals surface area contributed by atoms with Crippen LogP contribution in [0.5, 0.6) is 0 Å². The zero-order valence-corrected chi connectivity index (χ0v) is 11.3. The molecular weight excluding hydrogens is 308 g/mol.